The van der Waals surface area contributed by atoms with Gasteiger partial charge < -0.3 is 9.47 Å². The minimum Gasteiger partial charge on any atom is -0.467 e. The van der Waals surface area contributed by atoms with E-state index in [2.05, 4.69) is 0 Å². The molecule has 0 aromatic heterocycles. The van der Waals surface area contributed by atoms with Crippen molar-refractivity contribution in [1.82, 2.24) is 0 Å². The smallest absolute Gasteiger partial charge is 0.188 e. The molecule has 1 aromatic carbocycles. The first-order valence-electron chi connectivity index (χ1n) is 4.72. The highest BCUT2D eigenvalue weighted by Gasteiger charge is 2.26. The first-order valence-corrected chi connectivity index (χ1v) is 4.72. The first-order chi connectivity index (χ1) is 6.81. The van der Waals surface area contributed by atoms with Gasteiger partial charge in [-0.3, -0.25) is 0 Å². The third-order valence-electron chi connectivity index (χ3n) is 2.33. The van der Waals surface area contributed by atoms with Gasteiger partial charge in [-0.25, -0.2) is 4.39 Å². The van der Waals surface area contributed by atoms with E-state index in [9.17, 15) is 4.39 Å². The van der Waals surface area contributed by atoms with E-state index in [0.29, 0.717) is 11.7 Å². The molecule has 0 spiro atoms. The topological polar surface area (TPSA) is 18.5 Å². The van der Waals surface area contributed by atoms with Crippen molar-refractivity contribution in [3.63, 3.8) is 0 Å². The van der Waals surface area contributed by atoms with Gasteiger partial charge in [-0.2, -0.15) is 0 Å². The second-order valence-corrected chi connectivity index (χ2v) is 3.51. The number of hydrogen-bond donors (Lipinski definition) is 0. The molecule has 1 fully saturated rings. The van der Waals surface area contributed by atoms with Crippen molar-refractivity contribution < 1.29 is 13.9 Å². The fraction of sp³-hybridized carbons (Fsp3) is 0.455. The monoisotopic (exact) mass is 196 g/mol. The molecule has 0 atom stereocenters. The van der Waals surface area contributed by atoms with Crippen molar-refractivity contribution >= 4 is 0 Å². The van der Waals surface area contributed by atoms with Gasteiger partial charge in [-0.05, 0) is 30.4 Å². The zero-order valence-electron chi connectivity index (χ0n) is 8.13. The lowest BCUT2D eigenvalue weighted by atomic mass is 10.1. The molecule has 2 rings (SSSR count). The molecule has 0 unspecified atom stereocenters. The van der Waals surface area contributed by atoms with Gasteiger partial charge >= 0.3 is 0 Å². The molecule has 0 N–H and O–H groups in total. The van der Waals surface area contributed by atoms with Crippen LogP contribution in [0.1, 0.15) is 24.3 Å². The molecule has 0 radical (unpaired) electrons. The average molecular weight is 196 g/mol. The molecule has 76 valence electrons. The van der Waals surface area contributed by atoms with E-state index in [4.69, 9.17) is 9.47 Å². The standard InChI is InChI=1S/C11H13FO2/c1-13-7-14-9-4-5-10(8-2-3-8)11(12)6-9/h4-6,8H,2-3,7H2,1H3. The maximum atomic E-state index is 13.4. The van der Waals surface area contributed by atoms with Crippen LogP contribution in [-0.2, 0) is 4.74 Å². The Balaban J connectivity index is 2.09. The third kappa shape index (κ3) is 2.04. The van der Waals surface area contributed by atoms with E-state index in [-0.39, 0.29) is 12.6 Å². The van der Waals surface area contributed by atoms with Gasteiger partial charge in [0, 0.05) is 13.2 Å². The Hall–Kier alpha value is -1.09. The Kier molecular flexibility index (Phi) is 2.68. The maximum absolute atomic E-state index is 13.4. The summed E-state index contributed by atoms with van der Waals surface area (Å²) < 4.78 is 23.3. The fourth-order valence-electron chi connectivity index (χ4n) is 1.45. The SMILES string of the molecule is COCOc1ccc(C2CC2)c(F)c1. The van der Waals surface area contributed by atoms with Crippen molar-refractivity contribution in [3.05, 3.63) is 29.6 Å². The van der Waals surface area contributed by atoms with Crippen LogP contribution >= 0.6 is 0 Å². The molecule has 2 nitrogen and oxygen atoms in total. The van der Waals surface area contributed by atoms with Crippen LogP contribution in [0.2, 0.25) is 0 Å². The Labute approximate surface area is 82.6 Å². The molecule has 3 heteroatoms. The number of methoxy groups -OCH3 is 1. The van der Waals surface area contributed by atoms with Crippen LogP contribution in [0.4, 0.5) is 4.39 Å². The minimum absolute atomic E-state index is 0.155. The lowest BCUT2D eigenvalue weighted by molar-refractivity contribution is 0.0509. The summed E-state index contributed by atoms with van der Waals surface area (Å²) in [4.78, 5) is 0. The minimum atomic E-state index is -0.166. The Bertz CT molecular complexity index is 321. The van der Waals surface area contributed by atoms with Crippen LogP contribution in [0.5, 0.6) is 5.75 Å². The molecule has 0 bridgehead atoms. The lowest BCUT2D eigenvalue weighted by Gasteiger charge is -2.06. The Morgan fingerprint density at radius 1 is 1.43 bits per heavy atom. The summed E-state index contributed by atoms with van der Waals surface area (Å²) in [6.45, 7) is 0.155. The molecule has 1 aliphatic carbocycles. The van der Waals surface area contributed by atoms with E-state index < -0.39 is 0 Å². The van der Waals surface area contributed by atoms with Crippen LogP contribution in [0.3, 0.4) is 0 Å². The number of benzene rings is 1. The molecule has 0 aliphatic heterocycles. The van der Waals surface area contributed by atoms with E-state index in [1.165, 1.54) is 13.2 Å². The molecule has 1 aliphatic rings. The summed E-state index contributed by atoms with van der Waals surface area (Å²) in [7, 11) is 1.54. The van der Waals surface area contributed by atoms with Gasteiger partial charge in [0.25, 0.3) is 0 Å². The highest BCUT2D eigenvalue weighted by atomic mass is 19.1. The summed E-state index contributed by atoms with van der Waals surface area (Å²) in [6.07, 6.45) is 2.21. The van der Waals surface area contributed by atoms with Crippen molar-refractivity contribution in [2.75, 3.05) is 13.9 Å². The van der Waals surface area contributed by atoms with Crippen LogP contribution < -0.4 is 4.74 Å². The molecule has 1 saturated carbocycles. The highest BCUT2D eigenvalue weighted by Crippen LogP contribution is 2.41. The second-order valence-electron chi connectivity index (χ2n) is 3.51. The molecule has 1 aromatic rings. The van der Waals surface area contributed by atoms with Crippen molar-refractivity contribution in [1.29, 1.82) is 0 Å². The van der Waals surface area contributed by atoms with Gasteiger partial charge in [0.15, 0.2) is 6.79 Å². The number of hydrogen-bond acceptors (Lipinski definition) is 2. The van der Waals surface area contributed by atoms with Gasteiger partial charge in [0.2, 0.25) is 0 Å². The number of rotatable bonds is 4. The third-order valence-corrected chi connectivity index (χ3v) is 2.33. The normalized spacial score (nSPS) is 15.6. The highest BCUT2D eigenvalue weighted by molar-refractivity contribution is 5.33. The van der Waals surface area contributed by atoms with Crippen LogP contribution in [0.25, 0.3) is 0 Å². The van der Waals surface area contributed by atoms with Crippen LogP contribution in [0, 0.1) is 5.82 Å². The van der Waals surface area contributed by atoms with Crippen LogP contribution in [0.15, 0.2) is 18.2 Å². The van der Waals surface area contributed by atoms with Gasteiger partial charge in [0.05, 0.1) is 0 Å². The zero-order valence-corrected chi connectivity index (χ0v) is 8.13. The summed E-state index contributed by atoms with van der Waals surface area (Å²) in [6, 6.07) is 5.01. The van der Waals surface area contributed by atoms with E-state index in [1.54, 1.807) is 12.1 Å². The Morgan fingerprint density at radius 3 is 2.79 bits per heavy atom. The van der Waals surface area contributed by atoms with Crippen molar-refractivity contribution in [2.24, 2.45) is 0 Å². The molecule has 0 heterocycles. The predicted octanol–water partition coefficient (Wildman–Crippen LogP) is 2.69. The maximum Gasteiger partial charge on any atom is 0.188 e. The summed E-state index contributed by atoms with van der Waals surface area (Å²) in [5.74, 6) is 0.793. The summed E-state index contributed by atoms with van der Waals surface area (Å²) in [5, 5.41) is 0. The largest absolute Gasteiger partial charge is 0.467 e. The molecule has 0 saturated heterocycles. The fourth-order valence-corrected chi connectivity index (χ4v) is 1.45. The van der Waals surface area contributed by atoms with Gasteiger partial charge in [-0.15, -0.1) is 0 Å². The van der Waals surface area contributed by atoms with Crippen molar-refractivity contribution in [3.8, 4) is 5.75 Å². The molecule has 0 amide bonds. The Morgan fingerprint density at radius 2 is 2.21 bits per heavy atom. The van der Waals surface area contributed by atoms with Gasteiger partial charge in [-0.1, -0.05) is 6.07 Å². The second kappa shape index (κ2) is 3.96. The zero-order chi connectivity index (χ0) is 9.97. The van der Waals surface area contributed by atoms with E-state index >= 15 is 0 Å². The van der Waals surface area contributed by atoms with Crippen LogP contribution in [-0.4, -0.2) is 13.9 Å². The predicted molar refractivity (Wildman–Crippen MR) is 50.9 cm³/mol. The summed E-state index contributed by atoms with van der Waals surface area (Å²) >= 11 is 0. The van der Waals surface area contributed by atoms with Crippen molar-refractivity contribution in [2.45, 2.75) is 18.8 Å². The van der Waals surface area contributed by atoms with E-state index in [1.807, 2.05) is 0 Å². The average Bonchev–Trinajstić information content (AvgIpc) is 2.98. The molecular formula is C11H13FO2. The number of halogens is 1. The van der Waals surface area contributed by atoms with E-state index in [0.717, 1.165) is 18.4 Å². The summed E-state index contributed by atoms with van der Waals surface area (Å²) in [5.41, 5.74) is 0.815. The first kappa shape index (κ1) is 9.46. The van der Waals surface area contributed by atoms with Gasteiger partial charge in [0.1, 0.15) is 11.6 Å². The number of ether oxygens (including phenoxy) is 2. The quantitative estimate of drug-likeness (QED) is 0.689. The lowest BCUT2D eigenvalue weighted by Crippen LogP contribution is -1.99. The molecular weight excluding hydrogens is 183 g/mol. The molecule has 14 heavy (non-hydrogen) atoms.